The lowest BCUT2D eigenvalue weighted by Crippen LogP contribution is -2.03. The summed E-state index contributed by atoms with van der Waals surface area (Å²) in [7, 11) is 0. The second-order valence-corrected chi connectivity index (χ2v) is 8.99. The summed E-state index contributed by atoms with van der Waals surface area (Å²) in [4.78, 5) is 15.4. The second-order valence-electron chi connectivity index (χ2n) is 7.99. The smallest absolute Gasteiger partial charge is 0.147 e. The molecule has 4 aromatic rings. The van der Waals surface area contributed by atoms with Gasteiger partial charge in [0.2, 0.25) is 0 Å². The van der Waals surface area contributed by atoms with Crippen molar-refractivity contribution in [3.63, 3.8) is 0 Å². The van der Waals surface area contributed by atoms with Gasteiger partial charge in [-0.25, -0.2) is 15.0 Å². The molecule has 5 heteroatoms. The van der Waals surface area contributed by atoms with Crippen molar-refractivity contribution >= 4 is 37.6 Å². The first kappa shape index (κ1) is 17.6. The van der Waals surface area contributed by atoms with E-state index < -0.39 is 0 Å². The quantitative estimate of drug-likeness (QED) is 0.488. The van der Waals surface area contributed by atoms with E-state index in [4.69, 9.17) is 4.98 Å². The van der Waals surface area contributed by atoms with E-state index in [1.807, 2.05) is 6.07 Å². The Morgan fingerprint density at radius 1 is 1.07 bits per heavy atom. The van der Waals surface area contributed by atoms with Crippen LogP contribution in [0.5, 0.6) is 0 Å². The number of thiophene rings is 1. The molecule has 4 nitrogen and oxygen atoms in total. The molecule has 5 rings (SSSR count). The average Bonchev–Trinajstić information content (AvgIpc) is 3.31. The van der Waals surface area contributed by atoms with E-state index in [2.05, 4.69) is 53.4 Å². The third-order valence-corrected chi connectivity index (χ3v) is 6.54. The Labute approximate surface area is 169 Å². The van der Waals surface area contributed by atoms with Gasteiger partial charge in [-0.2, -0.15) is 0 Å². The van der Waals surface area contributed by atoms with Gasteiger partial charge in [0.05, 0.1) is 10.2 Å². The maximum absolute atomic E-state index is 5.11. The lowest BCUT2D eigenvalue weighted by Gasteiger charge is -2.11. The number of fused-ring (bicyclic) bond motifs is 5. The van der Waals surface area contributed by atoms with Crippen LogP contribution in [0.3, 0.4) is 0 Å². The van der Waals surface area contributed by atoms with E-state index in [1.54, 1.807) is 17.7 Å². The van der Waals surface area contributed by atoms with Gasteiger partial charge in [0.15, 0.2) is 0 Å². The summed E-state index contributed by atoms with van der Waals surface area (Å²) < 4.78 is 1.12. The van der Waals surface area contributed by atoms with Crippen LogP contribution in [-0.4, -0.2) is 15.0 Å². The van der Waals surface area contributed by atoms with Gasteiger partial charge < -0.3 is 5.32 Å². The SMILES string of the molecule is CC(C)Cc1nc2sc3c(NCc4ccccc4)ncnc3c2c2c1CCC2. The molecular formula is C23H24N4S. The van der Waals surface area contributed by atoms with E-state index in [1.165, 1.54) is 34.2 Å². The van der Waals surface area contributed by atoms with Crippen LogP contribution < -0.4 is 5.32 Å². The molecule has 0 bridgehead atoms. The Kier molecular flexibility index (Phi) is 4.47. The highest BCUT2D eigenvalue weighted by molar-refractivity contribution is 7.26. The number of anilines is 1. The van der Waals surface area contributed by atoms with Crippen LogP contribution in [0.25, 0.3) is 20.4 Å². The van der Waals surface area contributed by atoms with Crippen LogP contribution in [0.1, 0.15) is 42.7 Å². The van der Waals surface area contributed by atoms with Crippen molar-refractivity contribution in [3.05, 3.63) is 59.0 Å². The summed E-state index contributed by atoms with van der Waals surface area (Å²) in [6.07, 6.45) is 6.26. The van der Waals surface area contributed by atoms with Crippen molar-refractivity contribution in [1.82, 2.24) is 15.0 Å². The molecule has 0 atom stereocenters. The highest BCUT2D eigenvalue weighted by Gasteiger charge is 2.24. The van der Waals surface area contributed by atoms with Crippen molar-refractivity contribution in [3.8, 4) is 0 Å². The molecule has 3 heterocycles. The fourth-order valence-corrected chi connectivity index (χ4v) is 5.38. The van der Waals surface area contributed by atoms with Crippen molar-refractivity contribution in [2.75, 3.05) is 5.32 Å². The summed E-state index contributed by atoms with van der Waals surface area (Å²) in [6, 6.07) is 10.4. The van der Waals surface area contributed by atoms with E-state index in [-0.39, 0.29) is 0 Å². The number of nitrogens with one attached hydrogen (secondary N) is 1. The van der Waals surface area contributed by atoms with Crippen molar-refractivity contribution in [2.45, 2.75) is 46.1 Å². The molecule has 1 aromatic carbocycles. The number of rotatable bonds is 5. The van der Waals surface area contributed by atoms with Gasteiger partial charge in [-0.3, -0.25) is 0 Å². The van der Waals surface area contributed by atoms with Crippen LogP contribution in [0.15, 0.2) is 36.7 Å². The number of aryl methyl sites for hydroxylation is 1. The van der Waals surface area contributed by atoms with Gasteiger partial charge in [0, 0.05) is 17.6 Å². The first-order valence-corrected chi connectivity index (χ1v) is 10.9. The third-order valence-electron chi connectivity index (χ3n) is 5.46. The number of benzene rings is 1. The highest BCUT2D eigenvalue weighted by atomic mass is 32.1. The minimum absolute atomic E-state index is 0.618. The molecule has 0 saturated heterocycles. The fraction of sp³-hybridized carbons (Fsp3) is 0.348. The Morgan fingerprint density at radius 2 is 1.89 bits per heavy atom. The maximum atomic E-state index is 5.11. The zero-order valence-corrected chi connectivity index (χ0v) is 17.1. The van der Waals surface area contributed by atoms with Crippen LogP contribution in [-0.2, 0) is 25.8 Å². The van der Waals surface area contributed by atoms with Gasteiger partial charge in [0.25, 0.3) is 0 Å². The monoisotopic (exact) mass is 388 g/mol. The molecule has 0 radical (unpaired) electrons. The summed E-state index contributed by atoms with van der Waals surface area (Å²) in [5.41, 5.74) is 6.58. The highest BCUT2D eigenvalue weighted by Crippen LogP contribution is 2.41. The summed E-state index contributed by atoms with van der Waals surface area (Å²) >= 11 is 1.73. The number of aromatic nitrogens is 3. The molecule has 0 unspecified atom stereocenters. The van der Waals surface area contributed by atoms with Crippen LogP contribution in [0, 0.1) is 5.92 Å². The molecule has 3 aromatic heterocycles. The minimum Gasteiger partial charge on any atom is -0.365 e. The van der Waals surface area contributed by atoms with E-state index >= 15 is 0 Å². The standard InChI is InChI=1S/C23H24N4S/c1-14(2)11-18-16-9-6-10-17(16)19-20-21(28-23(19)27-18)22(26-13-25-20)24-12-15-7-4-3-5-8-15/h3-5,7-8,13-14H,6,9-12H2,1-2H3,(H,24,25,26). The lowest BCUT2D eigenvalue weighted by atomic mass is 9.99. The van der Waals surface area contributed by atoms with Crippen LogP contribution >= 0.6 is 11.3 Å². The predicted molar refractivity (Wildman–Crippen MR) is 117 cm³/mol. The normalized spacial score (nSPS) is 13.5. The Hall–Kier alpha value is -2.53. The Bertz CT molecular complexity index is 1150. The summed E-state index contributed by atoms with van der Waals surface area (Å²) in [6.45, 7) is 5.30. The average molecular weight is 389 g/mol. The van der Waals surface area contributed by atoms with E-state index in [0.29, 0.717) is 5.92 Å². The molecule has 0 fully saturated rings. The summed E-state index contributed by atoms with van der Waals surface area (Å²) in [5.74, 6) is 1.53. The van der Waals surface area contributed by atoms with Gasteiger partial charge in [-0.1, -0.05) is 44.2 Å². The molecule has 0 aliphatic heterocycles. The van der Waals surface area contributed by atoms with Gasteiger partial charge in [-0.05, 0) is 48.3 Å². The second kappa shape index (κ2) is 7.13. The first-order valence-electron chi connectivity index (χ1n) is 10.1. The number of hydrogen-bond acceptors (Lipinski definition) is 5. The van der Waals surface area contributed by atoms with Gasteiger partial charge >= 0.3 is 0 Å². The topological polar surface area (TPSA) is 50.7 Å². The van der Waals surface area contributed by atoms with Crippen LogP contribution in [0.2, 0.25) is 0 Å². The zero-order chi connectivity index (χ0) is 19.1. The molecule has 0 amide bonds. The number of nitrogens with zero attached hydrogens (tertiary/aromatic N) is 3. The largest absolute Gasteiger partial charge is 0.365 e. The first-order chi connectivity index (χ1) is 13.7. The number of hydrogen-bond donors (Lipinski definition) is 1. The number of pyridine rings is 1. The van der Waals surface area contributed by atoms with Crippen molar-refractivity contribution in [1.29, 1.82) is 0 Å². The van der Waals surface area contributed by atoms with E-state index in [0.717, 1.165) is 46.7 Å². The van der Waals surface area contributed by atoms with Crippen LogP contribution in [0.4, 0.5) is 5.82 Å². The van der Waals surface area contributed by atoms with Gasteiger partial charge in [0.1, 0.15) is 17.0 Å². The molecule has 28 heavy (non-hydrogen) atoms. The third kappa shape index (κ3) is 3.04. The fourth-order valence-electron chi connectivity index (χ4n) is 4.24. The molecule has 0 spiro atoms. The summed E-state index contributed by atoms with van der Waals surface area (Å²) in [5, 5.41) is 4.78. The molecule has 142 valence electrons. The molecule has 0 saturated carbocycles. The Balaban J connectivity index is 1.62. The molecular weight excluding hydrogens is 364 g/mol. The van der Waals surface area contributed by atoms with E-state index in [9.17, 15) is 0 Å². The molecule has 1 N–H and O–H groups in total. The predicted octanol–water partition coefficient (Wildman–Crippen LogP) is 5.54. The van der Waals surface area contributed by atoms with Crippen molar-refractivity contribution in [2.24, 2.45) is 5.92 Å². The Morgan fingerprint density at radius 3 is 2.71 bits per heavy atom. The van der Waals surface area contributed by atoms with Crippen molar-refractivity contribution < 1.29 is 0 Å². The lowest BCUT2D eigenvalue weighted by molar-refractivity contribution is 0.632. The van der Waals surface area contributed by atoms with Gasteiger partial charge in [-0.15, -0.1) is 11.3 Å². The molecule has 1 aliphatic rings. The molecule has 1 aliphatic carbocycles. The zero-order valence-electron chi connectivity index (χ0n) is 16.3. The maximum Gasteiger partial charge on any atom is 0.147 e. The minimum atomic E-state index is 0.618.